The summed E-state index contributed by atoms with van der Waals surface area (Å²) >= 11 is 0. The summed E-state index contributed by atoms with van der Waals surface area (Å²) in [6.45, 7) is 11.8. The minimum absolute atomic E-state index is 0.563. The molecule has 0 nitrogen and oxygen atoms in total. The van der Waals surface area contributed by atoms with Crippen LogP contribution in [0.3, 0.4) is 0 Å². The van der Waals surface area contributed by atoms with Crippen molar-refractivity contribution in [1.29, 1.82) is 0 Å². The second-order valence-corrected chi connectivity index (χ2v) is 6.03. The largest absolute Gasteiger partial charge is 0.0628 e. The molecule has 0 unspecified atom stereocenters. The van der Waals surface area contributed by atoms with E-state index in [0.29, 0.717) is 5.41 Å². The normalized spacial score (nSPS) is 30.5. The van der Waals surface area contributed by atoms with Crippen LogP contribution < -0.4 is 0 Å². The molecule has 1 fully saturated rings. The van der Waals surface area contributed by atoms with Gasteiger partial charge in [0.1, 0.15) is 0 Å². The molecule has 0 aromatic rings. The van der Waals surface area contributed by atoms with Crippen LogP contribution in [-0.2, 0) is 0 Å². The Kier molecular flexibility index (Phi) is 2.85. The molecule has 12 heavy (non-hydrogen) atoms. The lowest BCUT2D eigenvalue weighted by atomic mass is 9.61. The molecule has 0 atom stereocenters. The molecule has 0 heterocycles. The van der Waals surface area contributed by atoms with Crippen LogP contribution in [0.2, 0.25) is 0 Å². The van der Waals surface area contributed by atoms with Gasteiger partial charge in [-0.15, -0.1) is 0 Å². The van der Waals surface area contributed by atoms with E-state index in [9.17, 15) is 0 Å². The Morgan fingerprint density at radius 3 is 2.00 bits per heavy atom. The Morgan fingerprint density at radius 2 is 1.67 bits per heavy atom. The molecule has 1 aliphatic rings. The molecule has 0 aromatic heterocycles. The average Bonchev–Trinajstić information content (AvgIpc) is 1.73. The van der Waals surface area contributed by atoms with Crippen LogP contribution in [0.1, 0.15) is 53.9 Å². The van der Waals surface area contributed by atoms with Crippen LogP contribution in [0.15, 0.2) is 0 Å². The van der Waals surface area contributed by atoms with E-state index in [2.05, 4.69) is 34.6 Å². The Balaban J connectivity index is 2.20. The van der Waals surface area contributed by atoms with E-state index in [1.165, 1.54) is 19.3 Å². The maximum Gasteiger partial charge on any atom is -0.0354 e. The van der Waals surface area contributed by atoms with Crippen molar-refractivity contribution in [3.63, 3.8) is 0 Å². The molecule has 0 aliphatic heterocycles. The van der Waals surface area contributed by atoms with Crippen LogP contribution in [0.5, 0.6) is 0 Å². The van der Waals surface area contributed by atoms with Gasteiger partial charge < -0.3 is 0 Å². The topological polar surface area (TPSA) is 0 Å². The molecule has 0 amide bonds. The van der Waals surface area contributed by atoms with Crippen LogP contribution >= 0.6 is 0 Å². The highest BCUT2D eigenvalue weighted by Crippen LogP contribution is 2.47. The second kappa shape index (κ2) is 3.40. The van der Waals surface area contributed by atoms with E-state index in [1.54, 1.807) is 0 Å². The van der Waals surface area contributed by atoms with Crippen molar-refractivity contribution in [2.24, 2.45) is 23.2 Å². The molecular formula is C12H24. The molecule has 0 aromatic carbocycles. The Labute approximate surface area is 77.7 Å². The lowest BCUT2D eigenvalue weighted by Crippen LogP contribution is -2.34. The van der Waals surface area contributed by atoms with E-state index >= 15 is 0 Å². The van der Waals surface area contributed by atoms with Crippen LogP contribution in [0, 0.1) is 23.2 Å². The van der Waals surface area contributed by atoms with E-state index < -0.39 is 0 Å². The Bertz CT molecular complexity index is 133. The van der Waals surface area contributed by atoms with Crippen molar-refractivity contribution >= 4 is 0 Å². The van der Waals surface area contributed by atoms with Crippen molar-refractivity contribution in [2.45, 2.75) is 53.9 Å². The molecule has 0 spiro atoms. The van der Waals surface area contributed by atoms with Crippen LogP contribution in [0.25, 0.3) is 0 Å². The first-order valence-electron chi connectivity index (χ1n) is 5.39. The van der Waals surface area contributed by atoms with Gasteiger partial charge in [-0.1, -0.05) is 34.6 Å². The number of hydrogen-bond acceptors (Lipinski definition) is 0. The lowest BCUT2D eigenvalue weighted by Gasteiger charge is -2.44. The second-order valence-electron chi connectivity index (χ2n) is 6.03. The predicted octanol–water partition coefficient (Wildman–Crippen LogP) is 4.10. The van der Waals surface area contributed by atoms with Crippen LogP contribution in [-0.4, -0.2) is 0 Å². The van der Waals surface area contributed by atoms with Gasteiger partial charge in [-0.05, 0) is 42.4 Å². The summed E-state index contributed by atoms with van der Waals surface area (Å²) in [5.41, 5.74) is 0.563. The SMILES string of the molecule is CC(C)CC1CC(C(C)(C)C)C1. The van der Waals surface area contributed by atoms with E-state index in [4.69, 9.17) is 0 Å². The fraction of sp³-hybridized carbons (Fsp3) is 1.00. The van der Waals surface area contributed by atoms with Crippen molar-refractivity contribution in [3.05, 3.63) is 0 Å². The van der Waals surface area contributed by atoms with Gasteiger partial charge in [0.2, 0.25) is 0 Å². The third kappa shape index (κ3) is 2.50. The number of rotatable bonds is 2. The quantitative estimate of drug-likeness (QED) is 0.582. The fourth-order valence-corrected chi connectivity index (χ4v) is 2.30. The summed E-state index contributed by atoms with van der Waals surface area (Å²) < 4.78 is 0. The third-order valence-electron chi connectivity index (χ3n) is 3.27. The summed E-state index contributed by atoms with van der Waals surface area (Å²) in [4.78, 5) is 0. The number of hydrogen-bond donors (Lipinski definition) is 0. The highest BCUT2D eigenvalue weighted by molar-refractivity contribution is 4.87. The first-order chi connectivity index (χ1) is 5.39. The van der Waals surface area contributed by atoms with Gasteiger partial charge in [0, 0.05) is 0 Å². The molecule has 0 radical (unpaired) electrons. The van der Waals surface area contributed by atoms with Gasteiger partial charge in [-0.2, -0.15) is 0 Å². The van der Waals surface area contributed by atoms with Crippen molar-refractivity contribution in [1.82, 2.24) is 0 Å². The fourth-order valence-electron chi connectivity index (χ4n) is 2.30. The summed E-state index contributed by atoms with van der Waals surface area (Å²) in [6.07, 6.45) is 4.43. The van der Waals surface area contributed by atoms with E-state index in [-0.39, 0.29) is 0 Å². The maximum absolute atomic E-state index is 2.38. The lowest BCUT2D eigenvalue weighted by molar-refractivity contribution is 0.0637. The van der Waals surface area contributed by atoms with Crippen molar-refractivity contribution < 1.29 is 0 Å². The van der Waals surface area contributed by atoms with Gasteiger partial charge in [0.15, 0.2) is 0 Å². The average molecular weight is 168 g/mol. The molecule has 0 saturated heterocycles. The first kappa shape index (κ1) is 10.1. The molecular weight excluding hydrogens is 144 g/mol. The van der Waals surface area contributed by atoms with Gasteiger partial charge in [-0.25, -0.2) is 0 Å². The van der Waals surface area contributed by atoms with E-state index in [1.807, 2.05) is 0 Å². The minimum atomic E-state index is 0.563. The summed E-state index contributed by atoms with van der Waals surface area (Å²) in [5, 5.41) is 0. The summed E-state index contributed by atoms with van der Waals surface area (Å²) in [7, 11) is 0. The third-order valence-corrected chi connectivity index (χ3v) is 3.27. The zero-order chi connectivity index (χ0) is 9.35. The molecule has 0 bridgehead atoms. The zero-order valence-electron chi connectivity index (χ0n) is 9.35. The zero-order valence-corrected chi connectivity index (χ0v) is 9.35. The predicted molar refractivity (Wildman–Crippen MR) is 55.1 cm³/mol. The Morgan fingerprint density at radius 1 is 1.17 bits per heavy atom. The van der Waals surface area contributed by atoms with Crippen molar-refractivity contribution in [3.8, 4) is 0 Å². The minimum Gasteiger partial charge on any atom is -0.0628 e. The molecule has 0 N–H and O–H groups in total. The molecule has 0 heteroatoms. The molecule has 1 rings (SSSR count). The maximum atomic E-state index is 2.38. The molecule has 1 aliphatic carbocycles. The first-order valence-corrected chi connectivity index (χ1v) is 5.39. The van der Waals surface area contributed by atoms with Gasteiger partial charge in [-0.3, -0.25) is 0 Å². The molecule has 1 saturated carbocycles. The Hall–Kier alpha value is 0. The summed E-state index contributed by atoms with van der Waals surface area (Å²) in [5.74, 6) is 2.95. The smallest absolute Gasteiger partial charge is 0.0354 e. The monoisotopic (exact) mass is 168 g/mol. The van der Waals surface area contributed by atoms with Crippen molar-refractivity contribution in [2.75, 3.05) is 0 Å². The van der Waals surface area contributed by atoms with E-state index in [0.717, 1.165) is 17.8 Å². The van der Waals surface area contributed by atoms with Gasteiger partial charge in [0.05, 0.1) is 0 Å². The van der Waals surface area contributed by atoms with Gasteiger partial charge in [0.25, 0.3) is 0 Å². The highest BCUT2D eigenvalue weighted by atomic mass is 14.4. The van der Waals surface area contributed by atoms with Gasteiger partial charge >= 0.3 is 0 Å². The molecule has 72 valence electrons. The highest BCUT2D eigenvalue weighted by Gasteiger charge is 2.36. The summed E-state index contributed by atoms with van der Waals surface area (Å²) in [6, 6.07) is 0. The van der Waals surface area contributed by atoms with Crippen LogP contribution in [0.4, 0.5) is 0 Å². The standard InChI is InChI=1S/C12H24/c1-9(2)6-10-7-11(8-10)12(3,4)5/h9-11H,6-8H2,1-5H3.